The van der Waals surface area contributed by atoms with Crippen LogP contribution in [0.15, 0.2) is 156 Å². The van der Waals surface area contributed by atoms with Crippen molar-refractivity contribution in [1.82, 2.24) is 44.2 Å². The van der Waals surface area contributed by atoms with Crippen molar-refractivity contribution < 1.29 is 8.42 Å². The van der Waals surface area contributed by atoms with E-state index in [4.69, 9.17) is 9.97 Å². The molecule has 0 radical (unpaired) electrons. The number of benzene rings is 4. The molecule has 0 bridgehead atoms. The normalized spacial score (nSPS) is 14.7. The van der Waals surface area contributed by atoms with Gasteiger partial charge in [-0.25, -0.2) is 43.0 Å². The summed E-state index contributed by atoms with van der Waals surface area (Å²) in [5.74, 6) is 1.54. The number of pyridine rings is 2. The van der Waals surface area contributed by atoms with E-state index in [0.29, 0.717) is 34.7 Å². The second-order valence-electron chi connectivity index (χ2n) is 16.3. The van der Waals surface area contributed by atoms with E-state index in [2.05, 4.69) is 100 Å². The number of sulfonamides is 1. The highest BCUT2D eigenvalue weighted by atomic mass is 32.2. The molecule has 1 saturated carbocycles. The number of anilines is 2. The van der Waals surface area contributed by atoms with Crippen LogP contribution in [0, 0.1) is 0 Å². The van der Waals surface area contributed by atoms with Crippen LogP contribution in [0.3, 0.4) is 0 Å². The number of fused-ring (bicyclic) bond motifs is 2. The Bertz CT molecular complexity index is 2970. The highest BCUT2D eigenvalue weighted by Crippen LogP contribution is 2.30. The molecule has 13 nitrogen and oxygen atoms in total. The van der Waals surface area contributed by atoms with Gasteiger partial charge < -0.3 is 15.5 Å². The maximum Gasteiger partial charge on any atom is 0.240 e. The first-order chi connectivity index (χ1) is 31.8. The standard InChI is InChI=1S/C26H28N6O2S.C24H23N5S/c1-32-14-12-21(13-15-32)30-26-25-24(27-18-28-26)11-10-23(31-25)20-8-5-9-22(16-20)35(33,34)29-17-19-6-3-2-4-7-19;1-2-6-17(7-3-1)15-27-30-20-11-4-8-18(14-20)21-12-13-22-23(29-21)24(26-16-25-22)28-19-9-5-10-19/h2-11,16,18,21,29H,12-15,17H2,1H3,(H,27,28,30);1-4,6-8,11-14,16,19,27H,5,9-10,15H2,(H,25,26,28). The quantitative estimate of drug-likeness (QED) is 0.0766. The van der Waals surface area contributed by atoms with E-state index in [-0.39, 0.29) is 11.4 Å². The smallest absolute Gasteiger partial charge is 0.240 e. The molecule has 1 saturated heterocycles. The summed E-state index contributed by atoms with van der Waals surface area (Å²) in [5.41, 5.74) is 8.68. The molecule has 0 spiro atoms. The van der Waals surface area contributed by atoms with Crippen LogP contribution in [0.25, 0.3) is 44.6 Å². The first-order valence-corrected chi connectivity index (χ1v) is 24.3. The number of hydrogen-bond acceptors (Lipinski definition) is 13. The molecule has 4 aromatic heterocycles. The van der Waals surface area contributed by atoms with Crippen molar-refractivity contribution in [2.75, 3.05) is 30.8 Å². The Balaban J connectivity index is 0.000000166. The molecule has 0 atom stereocenters. The van der Waals surface area contributed by atoms with Crippen LogP contribution in [0.4, 0.5) is 11.6 Å². The van der Waals surface area contributed by atoms with E-state index in [1.807, 2.05) is 66.7 Å². The zero-order valence-electron chi connectivity index (χ0n) is 36.1. The van der Waals surface area contributed by atoms with Gasteiger partial charge in [0.05, 0.1) is 27.3 Å². The molecule has 10 rings (SSSR count). The number of piperidine rings is 1. The van der Waals surface area contributed by atoms with Gasteiger partial charge in [-0.15, -0.1) is 0 Å². The highest BCUT2D eigenvalue weighted by Gasteiger charge is 2.21. The molecule has 2 fully saturated rings. The molecule has 2 aliphatic rings. The summed E-state index contributed by atoms with van der Waals surface area (Å²) in [5, 5.41) is 7.07. The second kappa shape index (κ2) is 20.6. The first kappa shape index (κ1) is 43.9. The van der Waals surface area contributed by atoms with Gasteiger partial charge in [0.15, 0.2) is 11.6 Å². The molecule has 5 heterocycles. The Morgan fingerprint density at radius 1 is 0.600 bits per heavy atom. The lowest BCUT2D eigenvalue weighted by molar-refractivity contribution is 0.263. The van der Waals surface area contributed by atoms with Gasteiger partial charge in [-0.3, -0.25) is 4.72 Å². The summed E-state index contributed by atoms with van der Waals surface area (Å²) in [7, 11) is -1.55. The van der Waals surface area contributed by atoms with Gasteiger partial charge in [0.2, 0.25) is 10.0 Å². The molecule has 4 aromatic carbocycles. The van der Waals surface area contributed by atoms with E-state index in [9.17, 15) is 8.42 Å². The number of rotatable bonds is 14. The van der Waals surface area contributed by atoms with E-state index < -0.39 is 10.0 Å². The van der Waals surface area contributed by atoms with E-state index >= 15 is 0 Å². The predicted octanol–water partition coefficient (Wildman–Crippen LogP) is 9.13. The van der Waals surface area contributed by atoms with Gasteiger partial charge in [0.25, 0.3) is 0 Å². The Labute approximate surface area is 384 Å². The van der Waals surface area contributed by atoms with Gasteiger partial charge >= 0.3 is 0 Å². The van der Waals surface area contributed by atoms with Gasteiger partial charge in [0, 0.05) is 41.2 Å². The Kier molecular flexibility index (Phi) is 13.9. The average molecular weight is 902 g/mol. The SMILES string of the molecule is CN1CCC(Nc2ncnc3ccc(-c4cccc(S(=O)(=O)NCc5ccccc5)c4)nc23)CC1.c1ccc(CNSc2cccc(-c3ccc4ncnc(NC5CCC5)c4n3)c2)cc1. The maximum absolute atomic E-state index is 12.9. The molecule has 8 aromatic rings. The largest absolute Gasteiger partial charge is 0.365 e. The second-order valence-corrected chi connectivity index (χ2v) is 19.1. The Hall–Kier alpha value is -6.36. The third-order valence-corrected chi connectivity index (χ3v) is 13.8. The van der Waals surface area contributed by atoms with Crippen molar-refractivity contribution in [2.24, 2.45) is 0 Å². The van der Waals surface area contributed by atoms with Crippen LogP contribution in [0.1, 0.15) is 43.2 Å². The van der Waals surface area contributed by atoms with Gasteiger partial charge in [0.1, 0.15) is 23.7 Å². The Morgan fingerprint density at radius 3 is 1.74 bits per heavy atom. The van der Waals surface area contributed by atoms with E-state index in [1.54, 1.807) is 42.8 Å². The third-order valence-electron chi connectivity index (χ3n) is 11.7. The minimum absolute atomic E-state index is 0.196. The summed E-state index contributed by atoms with van der Waals surface area (Å²) < 4.78 is 32.0. The monoisotopic (exact) mass is 901 g/mol. The number of likely N-dealkylation sites (tertiary alicyclic amines) is 1. The average Bonchev–Trinajstić information content (AvgIpc) is 3.33. The fourth-order valence-electron chi connectivity index (χ4n) is 7.70. The van der Waals surface area contributed by atoms with Crippen LogP contribution in [-0.2, 0) is 23.1 Å². The van der Waals surface area contributed by atoms with Crippen LogP contribution in [0.2, 0.25) is 0 Å². The predicted molar refractivity (Wildman–Crippen MR) is 261 cm³/mol. The van der Waals surface area contributed by atoms with Crippen molar-refractivity contribution in [3.8, 4) is 22.5 Å². The fraction of sp³-hybridized carbons (Fsp3) is 0.240. The first-order valence-electron chi connectivity index (χ1n) is 22.0. The minimum Gasteiger partial charge on any atom is -0.365 e. The molecule has 65 heavy (non-hydrogen) atoms. The molecule has 15 heteroatoms. The summed E-state index contributed by atoms with van der Waals surface area (Å²) >= 11 is 1.64. The molecule has 0 unspecified atom stereocenters. The third kappa shape index (κ3) is 11.3. The lowest BCUT2D eigenvalue weighted by Crippen LogP contribution is -2.36. The number of nitrogens with one attached hydrogen (secondary N) is 4. The summed E-state index contributed by atoms with van der Waals surface area (Å²) in [6.07, 6.45) is 8.91. The summed E-state index contributed by atoms with van der Waals surface area (Å²) in [4.78, 5) is 31.1. The van der Waals surface area contributed by atoms with Crippen molar-refractivity contribution in [3.05, 3.63) is 157 Å². The number of aromatic nitrogens is 6. The lowest BCUT2D eigenvalue weighted by Gasteiger charge is -2.29. The zero-order valence-corrected chi connectivity index (χ0v) is 37.8. The Morgan fingerprint density at radius 2 is 1.15 bits per heavy atom. The van der Waals surface area contributed by atoms with E-state index in [0.717, 1.165) is 76.6 Å². The van der Waals surface area contributed by atoms with Gasteiger partial charge in [-0.1, -0.05) is 84.9 Å². The van der Waals surface area contributed by atoms with Crippen LogP contribution in [-0.4, -0.2) is 75.4 Å². The minimum atomic E-state index is -3.68. The maximum atomic E-state index is 12.9. The lowest BCUT2D eigenvalue weighted by atomic mass is 9.93. The number of hydrogen-bond donors (Lipinski definition) is 4. The molecule has 1 aliphatic heterocycles. The molecular weight excluding hydrogens is 851 g/mol. The van der Waals surface area contributed by atoms with Crippen molar-refractivity contribution in [3.63, 3.8) is 0 Å². The van der Waals surface area contributed by atoms with Crippen molar-refractivity contribution in [1.29, 1.82) is 0 Å². The van der Waals surface area contributed by atoms with Crippen LogP contribution < -0.4 is 20.1 Å². The highest BCUT2D eigenvalue weighted by molar-refractivity contribution is 7.97. The van der Waals surface area contributed by atoms with Crippen molar-refractivity contribution >= 4 is 55.7 Å². The molecule has 330 valence electrons. The fourth-order valence-corrected chi connectivity index (χ4v) is 9.50. The van der Waals surface area contributed by atoms with Gasteiger partial charge in [-0.2, -0.15) is 0 Å². The topological polar surface area (TPSA) is 163 Å². The number of nitrogens with zero attached hydrogens (tertiary/aromatic N) is 7. The van der Waals surface area contributed by atoms with Gasteiger partial charge in [-0.05, 0) is 124 Å². The molecular formula is C50H51N11O2S2. The summed E-state index contributed by atoms with van der Waals surface area (Å²) in [6, 6.07) is 43.8. The molecule has 0 amide bonds. The van der Waals surface area contributed by atoms with Crippen molar-refractivity contribution in [2.45, 2.75) is 67.1 Å². The van der Waals surface area contributed by atoms with E-state index in [1.165, 1.54) is 24.8 Å². The molecule has 4 N–H and O–H groups in total. The summed E-state index contributed by atoms with van der Waals surface area (Å²) in [6.45, 7) is 3.13. The van der Waals surface area contributed by atoms with Crippen LogP contribution in [0.5, 0.6) is 0 Å². The molecule has 1 aliphatic carbocycles. The zero-order chi connectivity index (χ0) is 44.4. The van der Waals surface area contributed by atoms with Crippen LogP contribution >= 0.6 is 11.9 Å².